The van der Waals surface area contributed by atoms with Gasteiger partial charge in [-0.1, -0.05) is 56.3 Å². The van der Waals surface area contributed by atoms with E-state index in [1.54, 1.807) is 7.05 Å². The minimum atomic E-state index is -0.0297. The maximum Gasteiger partial charge on any atom is 0.251 e. The number of carbonyl (C=O) groups is 1. The number of amides is 1. The minimum absolute atomic E-state index is 0. The lowest BCUT2D eigenvalue weighted by atomic mass is 10.0. The fourth-order valence-corrected chi connectivity index (χ4v) is 2.72. The molecule has 0 radical (unpaired) electrons. The van der Waals surface area contributed by atoms with E-state index in [2.05, 4.69) is 52.1 Å². The topological polar surface area (TPSA) is 65.5 Å². The molecule has 6 heteroatoms. The summed E-state index contributed by atoms with van der Waals surface area (Å²) in [5, 5.41) is 9.58. The Kier molecular flexibility index (Phi) is 11.2. The summed E-state index contributed by atoms with van der Waals surface area (Å²) in [6.45, 7) is 6.32. The Morgan fingerprint density at radius 2 is 1.79 bits per heavy atom. The second kappa shape index (κ2) is 13.1. The quantitative estimate of drug-likeness (QED) is 0.296. The smallest absolute Gasteiger partial charge is 0.251 e. The summed E-state index contributed by atoms with van der Waals surface area (Å²) in [6, 6.07) is 18.1. The molecule has 0 aromatic heterocycles. The number of hydrogen-bond donors (Lipinski definition) is 3. The zero-order chi connectivity index (χ0) is 19.5. The summed E-state index contributed by atoms with van der Waals surface area (Å²) in [5.74, 6) is 1.10. The lowest BCUT2D eigenvalue weighted by molar-refractivity contribution is 0.0953. The number of benzene rings is 2. The van der Waals surface area contributed by atoms with Crippen molar-refractivity contribution in [2.24, 2.45) is 4.99 Å². The van der Waals surface area contributed by atoms with Gasteiger partial charge in [0, 0.05) is 32.2 Å². The van der Waals surface area contributed by atoms with Gasteiger partial charge < -0.3 is 16.0 Å². The maximum absolute atomic E-state index is 12.1. The molecule has 28 heavy (non-hydrogen) atoms. The number of halogens is 1. The number of nitrogens with one attached hydrogen (secondary N) is 3. The Morgan fingerprint density at radius 3 is 2.46 bits per heavy atom. The number of nitrogens with zero attached hydrogens (tertiary/aromatic N) is 1. The van der Waals surface area contributed by atoms with Crippen LogP contribution in [0.25, 0.3) is 0 Å². The molecule has 0 fully saturated rings. The van der Waals surface area contributed by atoms with Gasteiger partial charge in [-0.25, -0.2) is 0 Å². The predicted molar refractivity (Wildman–Crippen MR) is 128 cm³/mol. The Balaban J connectivity index is 0.00000392. The Bertz CT molecular complexity index is 749. The largest absolute Gasteiger partial charge is 0.356 e. The Morgan fingerprint density at radius 1 is 1.04 bits per heavy atom. The molecule has 2 rings (SSSR count). The van der Waals surface area contributed by atoms with Gasteiger partial charge in [-0.2, -0.15) is 0 Å². The number of aliphatic imine (C=N–C) groups is 1. The van der Waals surface area contributed by atoms with Crippen molar-refractivity contribution in [1.29, 1.82) is 0 Å². The van der Waals surface area contributed by atoms with E-state index in [1.165, 1.54) is 5.56 Å². The third kappa shape index (κ3) is 7.88. The monoisotopic (exact) mass is 494 g/mol. The molecule has 0 aliphatic heterocycles. The number of guanidine groups is 1. The van der Waals surface area contributed by atoms with Gasteiger partial charge in [0.2, 0.25) is 0 Å². The highest BCUT2D eigenvalue weighted by Crippen LogP contribution is 2.12. The molecule has 1 unspecified atom stereocenters. The van der Waals surface area contributed by atoms with Crippen molar-refractivity contribution in [2.75, 3.05) is 20.1 Å². The van der Waals surface area contributed by atoms with E-state index in [9.17, 15) is 4.79 Å². The molecule has 1 atom stereocenters. The van der Waals surface area contributed by atoms with Gasteiger partial charge in [-0.15, -0.1) is 24.0 Å². The molecule has 3 N–H and O–H groups in total. The lowest BCUT2D eigenvalue weighted by Crippen LogP contribution is -2.38. The molecule has 0 spiro atoms. The van der Waals surface area contributed by atoms with Crippen molar-refractivity contribution in [1.82, 2.24) is 16.0 Å². The highest BCUT2D eigenvalue weighted by molar-refractivity contribution is 14.0. The van der Waals surface area contributed by atoms with Gasteiger partial charge in [0.25, 0.3) is 5.91 Å². The van der Waals surface area contributed by atoms with E-state index >= 15 is 0 Å². The third-order valence-electron chi connectivity index (χ3n) is 4.35. The van der Waals surface area contributed by atoms with Crippen molar-refractivity contribution < 1.29 is 4.79 Å². The summed E-state index contributed by atoms with van der Waals surface area (Å²) in [7, 11) is 1.76. The standard InChI is InChI=1S/C22H30N4O.HI/c1-4-13-24-21(27)20-12-8-9-18(14-20)16-26-22(23-3)25-15-17(2)19-10-6-5-7-11-19;/h5-12,14,17H,4,13,15-16H2,1-3H3,(H,24,27)(H2,23,25,26);1H. The van der Waals surface area contributed by atoms with Crippen molar-refractivity contribution in [3.63, 3.8) is 0 Å². The van der Waals surface area contributed by atoms with Gasteiger partial charge in [0.05, 0.1) is 0 Å². The molecule has 0 bridgehead atoms. The first-order valence-corrected chi connectivity index (χ1v) is 9.50. The van der Waals surface area contributed by atoms with Crippen LogP contribution in [0.2, 0.25) is 0 Å². The summed E-state index contributed by atoms with van der Waals surface area (Å²) in [5.41, 5.74) is 3.02. The summed E-state index contributed by atoms with van der Waals surface area (Å²) < 4.78 is 0. The van der Waals surface area contributed by atoms with E-state index in [-0.39, 0.29) is 29.9 Å². The van der Waals surface area contributed by atoms with Crippen molar-refractivity contribution >= 4 is 35.8 Å². The van der Waals surface area contributed by atoms with Crippen LogP contribution >= 0.6 is 24.0 Å². The molecule has 0 heterocycles. The van der Waals surface area contributed by atoms with Gasteiger partial charge >= 0.3 is 0 Å². The molecule has 5 nitrogen and oxygen atoms in total. The van der Waals surface area contributed by atoms with Crippen LogP contribution in [0.1, 0.15) is 47.7 Å². The average Bonchev–Trinajstić information content (AvgIpc) is 2.72. The van der Waals surface area contributed by atoms with E-state index < -0.39 is 0 Å². The zero-order valence-corrected chi connectivity index (χ0v) is 19.2. The molecule has 2 aromatic carbocycles. The molecule has 1 amide bonds. The first-order valence-electron chi connectivity index (χ1n) is 9.50. The highest BCUT2D eigenvalue weighted by atomic mass is 127. The van der Waals surface area contributed by atoms with Crippen LogP contribution < -0.4 is 16.0 Å². The molecule has 0 saturated carbocycles. The summed E-state index contributed by atoms with van der Waals surface area (Å²) >= 11 is 0. The fourth-order valence-electron chi connectivity index (χ4n) is 2.72. The van der Waals surface area contributed by atoms with Crippen molar-refractivity contribution in [3.05, 3.63) is 71.3 Å². The lowest BCUT2D eigenvalue weighted by Gasteiger charge is -2.16. The normalized spacial score (nSPS) is 11.9. The van der Waals surface area contributed by atoms with Crippen LogP contribution in [-0.4, -0.2) is 32.0 Å². The molecule has 152 valence electrons. The van der Waals surface area contributed by atoms with Gasteiger partial charge in [-0.05, 0) is 35.6 Å². The highest BCUT2D eigenvalue weighted by Gasteiger charge is 2.08. The number of hydrogen-bond acceptors (Lipinski definition) is 2. The van der Waals surface area contributed by atoms with Gasteiger partial charge in [0.15, 0.2) is 5.96 Å². The molecular weight excluding hydrogens is 463 g/mol. The Labute approximate surface area is 185 Å². The summed E-state index contributed by atoms with van der Waals surface area (Å²) in [4.78, 5) is 16.4. The molecule has 0 aliphatic carbocycles. The minimum Gasteiger partial charge on any atom is -0.356 e. The maximum atomic E-state index is 12.1. The second-order valence-electron chi connectivity index (χ2n) is 6.57. The number of rotatable bonds is 8. The van der Waals surface area contributed by atoms with E-state index in [0.717, 1.165) is 24.5 Å². The second-order valence-corrected chi connectivity index (χ2v) is 6.57. The third-order valence-corrected chi connectivity index (χ3v) is 4.35. The first-order chi connectivity index (χ1) is 13.1. The SMILES string of the molecule is CCCNC(=O)c1cccc(CNC(=NC)NCC(C)c2ccccc2)c1.I. The van der Waals surface area contributed by atoms with E-state index in [4.69, 9.17) is 0 Å². The van der Waals surface area contributed by atoms with E-state index in [1.807, 2.05) is 37.3 Å². The fraction of sp³-hybridized carbons (Fsp3) is 0.364. The van der Waals surface area contributed by atoms with Crippen LogP contribution in [0.15, 0.2) is 59.6 Å². The zero-order valence-electron chi connectivity index (χ0n) is 16.9. The van der Waals surface area contributed by atoms with Crippen LogP contribution in [0.5, 0.6) is 0 Å². The van der Waals surface area contributed by atoms with Crippen LogP contribution in [0.3, 0.4) is 0 Å². The average molecular weight is 494 g/mol. The van der Waals surface area contributed by atoms with Crippen LogP contribution in [0, 0.1) is 0 Å². The van der Waals surface area contributed by atoms with Crippen molar-refractivity contribution in [2.45, 2.75) is 32.7 Å². The summed E-state index contributed by atoms with van der Waals surface area (Å²) in [6.07, 6.45) is 0.927. The molecule has 2 aromatic rings. The van der Waals surface area contributed by atoms with Crippen molar-refractivity contribution in [3.8, 4) is 0 Å². The van der Waals surface area contributed by atoms with E-state index in [0.29, 0.717) is 24.6 Å². The van der Waals surface area contributed by atoms with Crippen LogP contribution in [0.4, 0.5) is 0 Å². The number of carbonyl (C=O) groups excluding carboxylic acids is 1. The van der Waals surface area contributed by atoms with Gasteiger partial charge in [0.1, 0.15) is 0 Å². The predicted octanol–water partition coefficient (Wildman–Crippen LogP) is 3.91. The molecule has 0 saturated heterocycles. The molecular formula is C22H31IN4O. The first kappa shape index (κ1) is 23.9. The van der Waals surface area contributed by atoms with Crippen LogP contribution in [-0.2, 0) is 6.54 Å². The van der Waals surface area contributed by atoms with Gasteiger partial charge in [-0.3, -0.25) is 9.79 Å². The Hall–Kier alpha value is -2.09. The molecule has 0 aliphatic rings.